The second kappa shape index (κ2) is 7.40. The summed E-state index contributed by atoms with van der Waals surface area (Å²) in [7, 11) is 0. The molecule has 1 atom stereocenters. The van der Waals surface area contributed by atoms with Crippen molar-refractivity contribution in [3.05, 3.63) is 12.0 Å². The number of nitrogens with zero attached hydrogens (tertiary/aromatic N) is 1. The van der Waals surface area contributed by atoms with Crippen LogP contribution in [0.25, 0.3) is 0 Å². The van der Waals surface area contributed by atoms with Crippen LogP contribution < -0.4 is 5.32 Å². The number of oxazole rings is 1. The lowest BCUT2D eigenvalue weighted by molar-refractivity contribution is -0.137. The summed E-state index contributed by atoms with van der Waals surface area (Å²) in [4.78, 5) is 25.7. The minimum atomic E-state index is -0.812. The first-order valence-electron chi connectivity index (χ1n) is 6.11. The zero-order chi connectivity index (χ0) is 14.3. The third-order valence-corrected chi connectivity index (χ3v) is 2.44. The Morgan fingerprint density at radius 1 is 1.58 bits per heavy atom. The van der Waals surface area contributed by atoms with Crippen LogP contribution in [0.15, 0.2) is 10.7 Å². The molecule has 19 heavy (non-hydrogen) atoms. The number of carboxylic acids is 1. The molecule has 0 spiro atoms. The van der Waals surface area contributed by atoms with Gasteiger partial charge in [-0.2, -0.15) is 4.98 Å². The molecule has 0 aromatic carbocycles. The van der Waals surface area contributed by atoms with Crippen molar-refractivity contribution in [2.45, 2.75) is 26.7 Å². The van der Waals surface area contributed by atoms with E-state index in [1.165, 1.54) is 6.26 Å². The topological polar surface area (TPSA) is 102 Å². The summed E-state index contributed by atoms with van der Waals surface area (Å²) in [5, 5.41) is 11.5. The van der Waals surface area contributed by atoms with Crippen LogP contribution in [-0.2, 0) is 9.53 Å². The van der Waals surface area contributed by atoms with Gasteiger partial charge in [0.2, 0.25) is 0 Å². The monoisotopic (exact) mass is 270 g/mol. The van der Waals surface area contributed by atoms with E-state index in [-0.39, 0.29) is 30.7 Å². The lowest BCUT2D eigenvalue weighted by Gasteiger charge is -2.09. The number of carboxylic acid groups (broad SMARTS) is 1. The largest absolute Gasteiger partial charge is 0.481 e. The van der Waals surface area contributed by atoms with Gasteiger partial charge in [0.05, 0.1) is 6.61 Å². The van der Waals surface area contributed by atoms with Crippen LogP contribution in [-0.4, -0.2) is 35.2 Å². The van der Waals surface area contributed by atoms with Crippen molar-refractivity contribution in [2.75, 3.05) is 18.5 Å². The van der Waals surface area contributed by atoms with Crippen molar-refractivity contribution in [3.63, 3.8) is 0 Å². The third kappa shape index (κ3) is 5.41. The highest BCUT2D eigenvalue weighted by atomic mass is 16.5. The van der Waals surface area contributed by atoms with Gasteiger partial charge in [-0.3, -0.25) is 4.79 Å². The van der Waals surface area contributed by atoms with E-state index in [0.29, 0.717) is 13.0 Å². The second-order valence-corrected chi connectivity index (χ2v) is 4.18. The first kappa shape index (κ1) is 15.0. The average Bonchev–Trinajstić information content (AvgIpc) is 2.83. The molecule has 0 aliphatic rings. The number of esters is 1. The molecule has 0 radical (unpaired) electrons. The number of nitrogens with one attached hydrogen (secondary N) is 1. The quantitative estimate of drug-likeness (QED) is 0.694. The predicted octanol–water partition coefficient (Wildman–Crippen LogP) is 1.76. The number of anilines is 1. The van der Waals surface area contributed by atoms with Gasteiger partial charge in [0, 0.05) is 13.0 Å². The Kier molecular flexibility index (Phi) is 5.84. The van der Waals surface area contributed by atoms with Gasteiger partial charge in [0.15, 0.2) is 5.69 Å². The highest BCUT2D eigenvalue weighted by Crippen LogP contribution is 2.11. The fourth-order valence-electron chi connectivity index (χ4n) is 1.39. The van der Waals surface area contributed by atoms with E-state index in [1.54, 1.807) is 6.92 Å². The summed E-state index contributed by atoms with van der Waals surface area (Å²) in [6, 6.07) is 0.227. The summed E-state index contributed by atoms with van der Waals surface area (Å²) in [6.07, 6.45) is 1.92. The zero-order valence-electron chi connectivity index (χ0n) is 11.0. The minimum Gasteiger partial charge on any atom is -0.481 e. The van der Waals surface area contributed by atoms with Gasteiger partial charge in [0.1, 0.15) is 6.26 Å². The van der Waals surface area contributed by atoms with Crippen molar-refractivity contribution < 1.29 is 23.8 Å². The van der Waals surface area contributed by atoms with Crippen molar-refractivity contribution in [2.24, 2.45) is 5.92 Å². The van der Waals surface area contributed by atoms with Crippen LogP contribution in [0.5, 0.6) is 0 Å². The standard InChI is InChI=1S/C12H18N2O5/c1-3-18-11(17)9-7-19-12(14-9)13-6-8(2)4-5-10(15)16/h7-8H,3-6H2,1-2H3,(H,13,14)(H,15,16). The fourth-order valence-corrected chi connectivity index (χ4v) is 1.39. The van der Waals surface area contributed by atoms with Gasteiger partial charge in [-0.1, -0.05) is 6.92 Å². The Labute approximate surface area is 111 Å². The molecule has 1 heterocycles. The highest BCUT2D eigenvalue weighted by Gasteiger charge is 2.13. The number of hydrogen-bond acceptors (Lipinski definition) is 6. The maximum Gasteiger partial charge on any atom is 0.360 e. The molecule has 106 valence electrons. The lowest BCUT2D eigenvalue weighted by atomic mass is 10.1. The maximum absolute atomic E-state index is 11.3. The van der Waals surface area contributed by atoms with Crippen LogP contribution in [0.2, 0.25) is 0 Å². The number of rotatable bonds is 8. The van der Waals surface area contributed by atoms with E-state index in [0.717, 1.165) is 0 Å². The molecule has 1 aromatic heterocycles. The molecule has 0 aliphatic heterocycles. The smallest absolute Gasteiger partial charge is 0.360 e. The van der Waals surface area contributed by atoms with E-state index in [2.05, 4.69) is 10.3 Å². The molecule has 2 N–H and O–H groups in total. The van der Waals surface area contributed by atoms with Gasteiger partial charge >= 0.3 is 11.9 Å². The lowest BCUT2D eigenvalue weighted by Crippen LogP contribution is -2.13. The van der Waals surface area contributed by atoms with E-state index in [9.17, 15) is 9.59 Å². The van der Waals surface area contributed by atoms with E-state index < -0.39 is 11.9 Å². The SMILES string of the molecule is CCOC(=O)c1coc(NCC(C)CCC(=O)O)n1. The normalized spacial score (nSPS) is 11.9. The molecule has 1 rings (SSSR count). The molecule has 0 aliphatic carbocycles. The molecule has 0 amide bonds. The van der Waals surface area contributed by atoms with Crippen LogP contribution in [0, 0.1) is 5.92 Å². The highest BCUT2D eigenvalue weighted by molar-refractivity contribution is 5.87. The van der Waals surface area contributed by atoms with Gasteiger partial charge in [-0.25, -0.2) is 4.79 Å². The molecule has 7 heteroatoms. The summed E-state index contributed by atoms with van der Waals surface area (Å²) in [6.45, 7) is 4.43. The summed E-state index contributed by atoms with van der Waals surface area (Å²) < 4.78 is 9.85. The Morgan fingerprint density at radius 2 is 2.32 bits per heavy atom. The van der Waals surface area contributed by atoms with Crippen LogP contribution in [0.4, 0.5) is 6.01 Å². The van der Waals surface area contributed by atoms with E-state index in [4.69, 9.17) is 14.3 Å². The number of aliphatic carboxylic acids is 1. The molecular formula is C12H18N2O5. The number of carbonyl (C=O) groups excluding carboxylic acids is 1. The molecule has 0 fully saturated rings. The first-order chi connectivity index (χ1) is 9.02. The van der Waals surface area contributed by atoms with Crippen molar-refractivity contribution in [1.29, 1.82) is 0 Å². The molecule has 0 bridgehead atoms. The summed E-state index contributed by atoms with van der Waals surface area (Å²) in [5.41, 5.74) is 0.113. The molecule has 1 unspecified atom stereocenters. The van der Waals surface area contributed by atoms with E-state index >= 15 is 0 Å². The van der Waals surface area contributed by atoms with Gasteiger partial charge in [-0.15, -0.1) is 0 Å². The predicted molar refractivity (Wildman–Crippen MR) is 67.0 cm³/mol. The summed E-state index contributed by atoms with van der Waals surface area (Å²) >= 11 is 0. The van der Waals surface area contributed by atoms with Gasteiger partial charge < -0.3 is 19.6 Å². The van der Waals surface area contributed by atoms with Crippen LogP contribution in [0.3, 0.4) is 0 Å². The minimum absolute atomic E-state index is 0.113. The molecular weight excluding hydrogens is 252 g/mol. The maximum atomic E-state index is 11.3. The number of aromatic nitrogens is 1. The van der Waals surface area contributed by atoms with Crippen molar-refractivity contribution >= 4 is 18.0 Å². The Bertz CT molecular complexity index is 430. The third-order valence-electron chi connectivity index (χ3n) is 2.44. The summed E-state index contributed by atoms with van der Waals surface area (Å²) in [5.74, 6) is -1.18. The fraction of sp³-hybridized carbons (Fsp3) is 0.583. The Balaban J connectivity index is 2.37. The van der Waals surface area contributed by atoms with E-state index in [1.807, 2.05) is 6.92 Å². The Morgan fingerprint density at radius 3 is 2.95 bits per heavy atom. The second-order valence-electron chi connectivity index (χ2n) is 4.18. The number of ether oxygens (including phenoxy) is 1. The Hall–Kier alpha value is -2.05. The first-order valence-corrected chi connectivity index (χ1v) is 6.11. The van der Waals surface area contributed by atoms with Gasteiger partial charge in [-0.05, 0) is 19.3 Å². The van der Waals surface area contributed by atoms with Crippen molar-refractivity contribution in [1.82, 2.24) is 4.98 Å². The van der Waals surface area contributed by atoms with Crippen molar-refractivity contribution in [3.8, 4) is 0 Å². The number of hydrogen-bond donors (Lipinski definition) is 2. The average molecular weight is 270 g/mol. The number of carbonyl (C=O) groups is 2. The zero-order valence-corrected chi connectivity index (χ0v) is 11.0. The van der Waals surface area contributed by atoms with Crippen LogP contribution in [0.1, 0.15) is 37.2 Å². The van der Waals surface area contributed by atoms with Crippen LogP contribution >= 0.6 is 0 Å². The molecule has 1 aromatic rings. The molecule has 0 saturated carbocycles. The van der Waals surface area contributed by atoms with Gasteiger partial charge in [0.25, 0.3) is 6.01 Å². The molecule has 7 nitrogen and oxygen atoms in total. The molecule has 0 saturated heterocycles.